The first-order chi connectivity index (χ1) is 10.1. The number of fused-ring (bicyclic) bond motifs is 5. The van der Waals surface area contributed by atoms with Gasteiger partial charge in [-0.25, -0.2) is 9.29 Å². The van der Waals surface area contributed by atoms with Crippen LogP contribution in [-0.4, -0.2) is 11.8 Å². The Hall–Kier alpha value is -2.48. The maximum atomic E-state index is 13.4. The summed E-state index contributed by atoms with van der Waals surface area (Å²) in [6, 6.07) is 5.50. The van der Waals surface area contributed by atoms with Crippen molar-refractivity contribution in [1.29, 1.82) is 5.26 Å². The molecular weight excluding hydrogens is 271 g/mol. The zero-order valence-electron chi connectivity index (χ0n) is 11.0. The van der Waals surface area contributed by atoms with E-state index in [9.17, 15) is 14.0 Å². The van der Waals surface area contributed by atoms with Crippen LogP contribution in [0.4, 0.5) is 10.1 Å². The maximum absolute atomic E-state index is 13.4. The van der Waals surface area contributed by atoms with E-state index in [4.69, 9.17) is 5.26 Å². The molecule has 104 valence electrons. The number of rotatable bonds is 1. The Morgan fingerprint density at radius 2 is 1.76 bits per heavy atom. The molecule has 1 saturated carbocycles. The Morgan fingerprint density at radius 1 is 1.14 bits per heavy atom. The van der Waals surface area contributed by atoms with Gasteiger partial charge in [0.1, 0.15) is 11.9 Å². The third kappa shape index (κ3) is 1.47. The highest BCUT2D eigenvalue weighted by Gasteiger charge is 2.59. The van der Waals surface area contributed by atoms with E-state index in [-0.39, 0.29) is 46.7 Å². The van der Waals surface area contributed by atoms with Gasteiger partial charge in [0.25, 0.3) is 0 Å². The molecule has 4 nitrogen and oxygen atoms in total. The third-order valence-electron chi connectivity index (χ3n) is 4.80. The van der Waals surface area contributed by atoms with Crippen LogP contribution < -0.4 is 4.90 Å². The van der Waals surface area contributed by atoms with Gasteiger partial charge in [-0.2, -0.15) is 5.26 Å². The number of nitrogens with zero attached hydrogens (tertiary/aromatic N) is 2. The predicted octanol–water partition coefficient (Wildman–Crippen LogP) is 2.01. The van der Waals surface area contributed by atoms with E-state index in [1.807, 2.05) is 12.2 Å². The van der Waals surface area contributed by atoms with Crippen LogP contribution in [0, 0.1) is 40.8 Å². The smallest absolute Gasteiger partial charge is 0.238 e. The van der Waals surface area contributed by atoms with Crippen LogP contribution in [0.5, 0.6) is 0 Å². The fraction of sp³-hybridized carbons (Fsp3) is 0.312. The minimum atomic E-state index is -0.651. The van der Waals surface area contributed by atoms with Crippen LogP contribution in [0.25, 0.3) is 0 Å². The minimum Gasteiger partial charge on any atom is -0.274 e. The molecule has 21 heavy (non-hydrogen) atoms. The lowest BCUT2D eigenvalue weighted by molar-refractivity contribution is -0.123. The SMILES string of the molecule is N#Cc1cc(N2C(=O)[C@@H]3[C@H](C2=O)[C@@H]2C=C[C@H]3C2)ccc1F. The van der Waals surface area contributed by atoms with Gasteiger partial charge < -0.3 is 0 Å². The molecule has 1 aromatic carbocycles. The molecule has 5 heteroatoms. The van der Waals surface area contributed by atoms with E-state index in [1.54, 1.807) is 6.07 Å². The second-order valence-electron chi connectivity index (χ2n) is 5.79. The van der Waals surface area contributed by atoms with Crippen molar-refractivity contribution >= 4 is 17.5 Å². The van der Waals surface area contributed by atoms with Crippen molar-refractivity contribution < 1.29 is 14.0 Å². The van der Waals surface area contributed by atoms with Gasteiger partial charge in [0, 0.05) is 0 Å². The number of halogens is 1. The number of hydrogen-bond acceptors (Lipinski definition) is 3. The monoisotopic (exact) mass is 282 g/mol. The molecule has 4 rings (SSSR count). The molecule has 2 amide bonds. The van der Waals surface area contributed by atoms with Gasteiger partial charge in [-0.05, 0) is 36.5 Å². The average Bonchev–Trinajstić information content (AvgIpc) is 3.14. The normalized spacial score (nSPS) is 32.7. The molecule has 0 unspecified atom stereocenters. The van der Waals surface area contributed by atoms with Crippen LogP contribution >= 0.6 is 0 Å². The Bertz CT molecular complexity index is 719. The van der Waals surface area contributed by atoms with Crippen molar-refractivity contribution in [2.75, 3.05) is 4.90 Å². The van der Waals surface area contributed by atoms with E-state index in [1.165, 1.54) is 12.1 Å². The summed E-state index contributed by atoms with van der Waals surface area (Å²) in [5.74, 6) is -1.40. The molecule has 3 aliphatic rings. The Morgan fingerprint density at radius 3 is 2.33 bits per heavy atom. The van der Waals surface area contributed by atoms with Crippen LogP contribution in [0.15, 0.2) is 30.4 Å². The third-order valence-corrected chi connectivity index (χ3v) is 4.80. The number of imide groups is 1. The van der Waals surface area contributed by atoms with Gasteiger partial charge in [0.15, 0.2) is 0 Å². The highest BCUT2D eigenvalue weighted by molar-refractivity contribution is 6.22. The van der Waals surface area contributed by atoms with Gasteiger partial charge in [0.05, 0.1) is 23.1 Å². The molecule has 2 aliphatic carbocycles. The van der Waals surface area contributed by atoms with Crippen LogP contribution in [-0.2, 0) is 9.59 Å². The second-order valence-corrected chi connectivity index (χ2v) is 5.79. The highest BCUT2D eigenvalue weighted by atomic mass is 19.1. The minimum absolute atomic E-state index is 0.136. The molecule has 0 aromatic heterocycles. The first kappa shape index (κ1) is 12.3. The van der Waals surface area contributed by atoms with E-state index in [0.29, 0.717) is 0 Å². The summed E-state index contributed by atoms with van der Waals surface area (Å²) in [5, 5.41) is 8.88. The lowest BCUT2D eigenvalue weighted by Crippen LogP contribution is -2.32. The molecule has 1 aromatic rings. The number of allylic oxidation sites excluding steroid dienone is 2. The van der Waals surface area contributed by atoms with Crippen LogP contribution in [0.3, 0.4) is 0 Å². The zero-order valence-corrected chi connectivity index (χ0v) is 11.0. The molecule has 4 atom stereocenters. The summed E-state index contributed by atoms with van der Waals surface area (Å²) in [4.78, 5) is 26.3. The second kappa shape index (κ2) is 4.01. The van der Waals surface area contributed by atoms with E-state index in [2.05, 4.69) is 0 Å². The van der Waals surface area contributed by atoms with Gasteiger partial charge in [-0.3, -0.25) is 9.59 Å². The lowest BCUT2D eigenvalue weighted by atomic mass is 9.85. The highest BCUT2D eigenvalue weighted by Crippen LogP contribution is 2.53. The summed E-state index contributed by atoms with van der Waals surface area (Å²) in [6.07, 6.45) is 4.91. The van der Waals surface area contributed by atoms with Crippen molar-refractivity contribution in [3.05, 3.63) is 41.7 Å². The fourth-order valence-electron chi connectivity index (χ4n) is 3.89. The first-order valence-corrected chi connectivity index (χ1v) is 6.87. The molecule has 1 heterocycles. The number of nitriles is 1. The number of benzene rings is 1. The Kier molecular flexibility index (Phi) is 2.35. The molecular formula is C16H11FN2O2. The summed E-state index contributed by atoms with van der Waals surface area (Å²) in [6.45, 7) is 0. The topological polar surface area (TPSA) is 61.2 Å². The van der Waals surface area contributed by atoms with Gasteiger partial charge >= 0.3 is 0 Å². The maximum Gasteiger partial charge on any atom is 0.238 e. The Balaban J connectivity index is 1.76. The molecule has 0 N–H and O–H groups in total. The van der Waals surface area contributed by atoms with Crippen molar-refractivity contribution in [2.45, 2.75) is 6.42 Å². The molecule has 1 aliphatic heterocycles. The predicted molar refractivity (Wildman–Crippen MR) is 71.3 cm³/mol. The number of carbonyl (C=O) groups excluding carboxylic acids is 2. The number of hydrogen-bond donors (Lipinski definition) is 0. The number of amides is 2. The van der Waals surface area contributed by atoms with Crippen molar-refractivity contribution in [3.8, 4) is 6.07 Å². The van der Waals surface area contributed by atoms with Gasteiger partial charge in [-0.15, -0.1) is 0 Å². The summed E-state index contributed by atoms with van der Waals surface area (Å²) >= 11 is 0. The number of carbonyl (C=O) groups is 2. The first-order valence-electron chi connectivity index (χ1n) is 6.87. The average molecular weight is 282 g/mol. The molecule has 0 spiro atoms. The molecule has 1 saturated heterocycles. The van der Waals surface area contributed by atoms with Crippen molar-refractivity contribution in [1.82, 2.24) is 0 Å². The summed E-state index contributed by atoms with van der Waals surface area (Å²) in [5.41, 5.74) is 0.128. The fourth-order valence-corrected chi connectivity index (χ4v) is 3.89. The Labute approximate surface area is 120 Å². The molecule has 0 radical (unpaired) electrons. The summed E-state index contributed by atoms with van der Waals surface area (Å²) in [7, 11) is 0. The number of anilines is 1. The largest absolute Gasteiger partial charge is 0.274 e. The van der Waals surface area contributed by atoms with Gasteiger partial charge in [0.2, 0.25) is 11.8 Å². The van der Waals surface area contributed by atoms with E-state index < -0.39 is 5.82 Å². The summed E-state index contributed by atoms with van der Waals surface area (Å²) < 4.78 is 13.4. The van der Waals surface area contributed by atoms with Gasteiger partial charge in [-0.1, -0.05) is 12.2 Å². The molecule has 2 bridgehead atoms. The van der Waals surface area contributed by atoms with Crippen molar-refractivity contribution in [2.24, 2.45) is 23.7 Å². The van der Waals surface area contributed by atoms with Crippen LogP contribution in [0.1, 0.15) is 12.0 Å². The van der Waals surface area contributed by atoms with Crippen molar-refractivity contribution in [3.63, 3.8) is 0 Å². The zero-order chi connectivity index (χ0) is 14.7. The molecule has 2 fully saturated rings. The lowest BCUT2D eigenvalue weighted by Gasteiger charge is -2.17. The van der Waals surface area contributed by atoms with Crippen LogP contribution in [0.2, 0.25) is 0 Å². The quantitative estimate of drug-likeness (QED) is 0.584. The van der Waals surface area contributed by atoms with E-state index in [0.717, 1.165) is 17.4 Å². The standard InChI is InChI=1S/C16H11FN2O2/c17-12-4-3-11(6-10(12)7-18)19-15(20)13-8-1-2-9(5-8)14(13)16(19)21/h1-4,6,8-9,13-14H,5H2/t8-,9+,13-,14+. The van der Waals surface area contributed by atoms with E-state index >= 15 is 0 Å².